The van der Waals surface area contributed by atoms with Crippen LogP contribution in [0.5, 0.6) is 0 Å². The molecule has 0 bridgehead atoms. The Hall–Kier alpha value is -3.15. The predicted octanol–water partition coefficient (Wildman–Crippen LogP) is 4.99. The van der Waals surface area contributed by atoms with Crippen LogP contribution in [0.2, 0.25) is 0 Å². The fraction of sp³-hybridized carbons (Fsp3) is 0.318. The van der Waals surface area contributed by atoms with Crippen molar-refractivity contribution < 1.29 is 19.1 Å². The van der Waals surface area contributed by atoms with Gasteiger partial charge in [0, 0.05) is 30.2 Å². The van der Waals surface area contributed by atoms with Crippen molar-refractivity contribution in [2.45, 2.75) is 45.4 Å². The molecule has 1 aromatic heterocycles. The van der Waals surface area contributed by atoms with Crippen molar-refractivity contribution in [3.8, 4) is 11.5 Å². The molecule has 3 aromatic rings. The van der Waals surface area contributed by atoms with Crippen LogP contribution in [0, 0.1) is 0 Å². The summed E-state index contributed by atoms with van der Waals surface area (Å²) in [6, 6.07) is 13.4. The predicted molar refractivity (Wildman–Crippen MR) is 108 cm³/mol. The van der Waals surface area contributed by atoms with Crippen LogP contribution in [0.15, 0.2) is 46.9 Å². The first-order valence-electron chi connectivity index (χ1n) is 9.25. The molecule has 1 amide bonds. The van der Waals surface area contributed by atoms with Gasteiger partial charge in [-0.25, -0.2) is 4.98 Å². The van der Waals surface area contributed by atoms with Crippen LogP contribution in [-0.2, 0) is 15.0 Å². The average Bonchev–Trinajstić information content (AvgIpc) is 3.04. The Labute approximate surface area is 163 Å². The minimum absolute atomic E-state index is 0.0219. The van der Waals surface area contributed by atoms with Crippen LogP contribution < -0.4 is 5.32 Å². The fourth-order valence-electron chi connectivity index (χ4n) is 2.86. The van der Waals surface area contributed by atoms with Crippen LogP contribution in [0.25, 0.3) is 22.6 Å². The van der Waals surface area contributed by atoms with Gasteiger partial charge in [0.05, 0.1) is 0 Å². The number of oxazole rings is 1. The van der Waals surface area contributed by atoms with Gasteiger partial charge in [0.2, 0.25) is 11.8 Å². The molecule has 0 aliphatic rings. The topological polar surface area (TPSA) is 92.4 Å². The van der Waals surface area contributed by atoms with E-state index >= 15 is 0 Å². The number of carbonyl (C=O) groups is 2. The maximum Gasteiger partial charge on any atom is 0.303 e. The third kappa shape index (κ3) is 4.76. The molecule has 3 rings (SSSR count). The molecule has 6 nitrogen and oxygen atoms in total. The molecule has 0 aliphatic heterocycles. The maximum atomic E-state index is 11.9. The number of aromatic nitrogens is 1. The van der Waals surface area contributed by atoms with Crippen molar-refractivity contribution in [3.63, 3.8) is 0 Å². The van der Waals surface area contributed by atoms with Crippen molar-refractivity contribution in [2.24, 2.45) is 0 Å². The first-order chi connectivity index (χ1) is 13.2. The molecule has 0 saturated heterocycles. The summed E-state index contributed by atoms with van der Waals surface area (Å²) in [6.45, 7) is 6.50. The maximum absolute atomic E-state index is 11.9. The van der Waals surface area contributed by atoms with E-state index in [-0.39, 0.29) is 24.2 Å². The number of carbonyl (C=O) groups excluding carboxylic acids is 1. The highest BCUT2D eigenvalue weighted by Gasteiger charge is 2.15. The van der Waals surface area contributed by atoms with E-state index in [4.69, 9.17) is 9.52 Å². The molecule has 0 radical (unpaired) electrons. The van der Waals surface area contributed by atoms with Gasteiger partial charge in [0.25, 0.3) is 0 Å². The number of carboxylic acid groups (broad SMARTS) is 1. The third-order valence-corrected chi connectivity index (χ3v) is 4.46. The lowest BCUT2D eigenvalue weighted by molar-refractivity contribution is -0.137. The molecule has 2 N–H and O–H groups in total. The van der Waals surface area contributed by atoms with Crippen molar-refractivity contribution in [2.75, 3.05) is 5.32 Å². The Morgan fingerprint density at radius 1 is 1.07 bits per heavy atom. The highest BCUT2D eigenvalue weighted by atomic mass is 16.4. The molecule has 146 valence electrons. The minimum atomic E-state index is -0.904. The summed E-state index contributed by atoms with van der Waals surface area (Å²) in [4.78, 5) is 27.0. The highest BCUT2D eigenvalue weighted by molar-refractivity contribution is 5.93. The molecule has 2 aromatic carbocycles. The quantitative estimate of drug-likeness (QED) is 0.629. The average molecular weight is 380 g/mol. The first kappa shape index (κ1) is 19.6. The molecular weight excluding hydrogens is 356 g/mol. The second kappa shape index (κ2) is 7.84. The fourth-order valence-corrected chi connectivity index (χ4v) is 2.86. The van der Waals surface area contributed by atoms with Crippen molar-refractivity contribution in [1.82, 2.24) is 4.98 Å². The lowest BCUT2D eigenvalue weighted by Crippen LogP contribution is -2.11. The number of nitrogens with zero attached hydrogens (tertiary/aromatic N) is 1. The molecule has 0 atom stereocenters. The lowest BCUT2D eigenvalue weighted by atomic mass is 9.87. The number of aliphatic carboxylic acids is 1. The Kier molecular flexibility index (Phi) is 5.49. The van der Waals surface area contributed by atoms with Gasteiger partial charge in [0.1, 0.15) is 5.52 Å². The van der Waals surface area contributed by atoms with Gasteiger partial charge in [-0.2, -0.15) is 0 Å². The van der Waals surface area contributed by atoms with Crippen LogP contribution in [-0.4, -0.2) is 22.0 Å². The number of anilines is 1. The monoisotopic (exact) mass is 380 g/mol. The number of nitrogens with one attached hydrogen (secondary N) is 1. The van der Waals surface area contributed by atoms with Crippen LogP contribution in [0.1, 0.15) is 45.6 Å². The van der Waals surface area contributed by atoms with E-state index in [0.29, 0.717) is 29.1 Å². The number of hydrogen-bond acceptors (Lipinski definition) is 4. The van der Waals surface area contributed by atoms with Gasteiger partial charge >= 0.3 is 5.97 Å². The second-order valence-corrected chi connectivity index (χ2v) is 7.82. The van der Waals surface area contributed by atoms with Gasteiger partial charge < -0.3 is 14.8 Å². The highest BCUT2D eigenvalue weighted by Crippen LogP contribution is 2.29. The molecule has 0 unspecified atom stereocenters. The second-order valence-electron chi connectivity index (χ2n) is 7.82. The largest absolute Gasteiger partial charge is 0.481 e. The smallest absolute Gasteiger partial charge is 0.303 e. The van der Waals surface area contributed by atoms with Gasteiger partial charge in [0.15, 0.2) is 5.58 Å². The van der Waals surface area contributed by atoms with Gasteiger partial charge in [-0.05, 0) is 41.7 Å². The number of rotatable bonds is 6. The third-order valence-electron chi connectivity index (χ3n) is 4.46. The molecule has 6 heteroatoms. The van der Waals surface area contributed by atoms with E-state index in [1.54, 1.807) is 18.2 Å². The summed E-state index contributed by atoms with van der Waals surface area (Å²) in [5, 5.41) is 11.4. The molecule has 0 fully saturated rings. The Balaban J connectivity index is 1.74. The van der Waals surface area contributed by atoms with E-state index in [9.17, 15) is 9.59 Å². The molecule has 0 aliphatic carbocycles. The summed E-state index contributed by atoms with van der Waals surface area (Å²) >= 11 is 0. The zero-order chi connectivity index (χ0) is 20.3. The number of carboxylic acids is 1. The zero-order valence-electron chi connectivity index (χ0n) is 16.3. The summed E-state index contributed by atoms with van der Waals surface area (Å²) in [5.74, 6) is -0.600. The van der Waals surface area contributed by atoms with E-state index in [2.05, 4.69) is 43.2 Å². The molecule has 1 heterocycles. The van der Waals surface area contributed by atoms with Crippen LogP contribution >= 0.6 is 0 Å². The molecule has 0 spiro atoms. The van der Waals surface area contributed by atoms with Crippen LogP contribution in [0.3, 0.4) is 0 Å². The molecule has 0 saturated carbocycles. The number of hydrogen-bond donors (Lipinski definition) is 2. The summed E-state index contributed by atoms with van der Waals surface area (Å²) in [6.07, 6.45) is 0.443. The molecule has 28 heavy (non-hydrogen) atoms. The van der Waals surface area contributed by atoms with E-state index in [1.165, 1.54) is 5.56 Å². The standard InChI is InChI=1S/C22H24N2O4/c1-22(2,3)15-9-7-14(8-10-15)21-24-17-12-11-16(13-18(17)28-21)23-19(25)5-4-6-20(26)27/h7-13H,4-6H2,1-3H3,(H,23,25)(H,26,27). The summed E-state index contributed by atoms with van der Waals surface area (Å²) in [7, 11) is 0. The van der Waals surface area contributed by atoms with Crippen molar-refractivity contribution in [3.05, 3.63) is 48.0 Å². The normalized spacial score (nSPS) is 11.5. The zero-order valence-corrected chi connectivity index (χ0v) is 16.3. The van der Waals surface area contributed by atoms with Gasteiger partial charge in [-0.3, -0.25) is 9.59 Å². The number of fused-ring (bicyclic) bond motifs is 1. The van der Waals surface area contributed by atoms with E-state index in [1.807, 2.05) is 12.1 Å². The molecular formula is C22H24N2O4. The summed E-state index contributed by atoms with van der Waals surface area (Å²) in [5.41, 5.74) is 4.09. The Morgan fingerprint density at radius 2 is 1.79 bits per heavy atom. The van der Waals surface area contributed by atoms with Crippen LogP contribution in [0.4, 0.5) is 5.69 Å². The lowest BCUT2D eigenvalue weighted by Gasteiger charge is -2.18. The van der Waals surface area contributed by atoms with Crippen molar-refractivity contribution in [1.29, 1.82) is 0 Å². The van der Waals surface area contributed by atoms with Gasteiger partial charge in [-0.1, -0.05) is 32.9 Å². The first-order valence-corrected chi connectivity index (χ1v) is 9.25. The Bertz CT molecular complexity index is 998. The number of benzene rings is 2. The van der Waals surface area contributed by atoms with E-state index in [0.717, 1.165) is 5.56 Å². The van der Waals surface area contributed by atoms with Crippen molar-refractivity contribution >= 4 is 28.7 Å². The van der Waals surface area contributed by atoms with Gasteiger partial charge in [-0.15, -0.1) is 0 Å². The van der Waals surface area contributed by atoms with E-state index < -0.39 is 5.97 Å². The SMILES string of the molecule is CC(C)(C)c1ccc(-c2nc3ccc(NC(=O)CCCC(=O)O)cc3o2)cc1. The summed E-state index contributed by atoms with van der Waals surface area (Å²) < 4.78 is 5.87. The Morgan fingerprint density at radius 3 is 2.43 bits per heavy atom. The minimum Gasteiger partial charge on any atom is -0.481 e. The number of amides is 1.